The van der Waals surface area contributed by atoms with Gasteiger partial charge in [-0.2, -0.15) is 0 Å². The lowest BCUT2D eigenvalue weighted by atomic mass is 9.81. The monoisotopic (exact) mass is 236 g/mol. The Balaban J connectivity index is 1.78. The molecule has 0 spiro atoms. The van der Waals surface area contributed by atoms with Crippen LogP contribution in [0.1, 0.15) is 39.0 Å². The van der Waals surface area contributed by atoms with Crippen LogP contribution in [-0.2, 0) is 0 Å². The van der Waals surface area contributed by atoms with Crippen LogP contribution in [-0.4, -0.2) is 11.5 Å². The van der Waals surface area contributed by atoms with Crippen molar-refractivity contribution in [1.29, 1.82) is 0 Å². The molecule has 3 heteroatoms. The number of hydrogen-bond donors (Lipinski definition) is 1. The molecular formula is C14H21FN2. The minimum absolute atomic E-state index is 0.255. The summed E-state index contributed by atoms with van der Waals surface area (Å²) in [6.45, 7) is 3.12. The van der Waals surface area contributed by atoms with E-state index >= 15 is 0 Å². The maximum absolute atomic E-state index is 13.3. The molecule has 1 aliphatic carbocycles. The lowest BCUT2D eigenvalue weighted by molar-refractivity contribution is 0.278. The molecule has 1 N–H and O–H groups in total. The Bertz CT molecular complexity index is 346. The second kappa shape index (κ2) is 5.99. The third-order valence-corrected chi connectivity index (χ3v) is 3.86. The van der Waals surface area contributed by atoms with E-state index in [-0.39, 0.29) is 5.82 Å². The first kappa shape index (κ1) is 12.3. The fraction of sp³-hybridized carbons (Fsp3) is 0.643. The Morgan fingerprint density at radius 1 is 1.29 bits per heavy atom. The van der Waals surface area contributed by atoms with E-state index in [1.807, 2.05) is 0 Å². The molecule has 0 atom stereocenters. The molecule has 0 bridgehead atoms. The average molecular weight is 236 g/mol. The number of aromatic nitrogens is 1. The minimum Gasteiger partial charge on any atom is -0.367 e. The van der Waals surface area contributed by atoms with Crippen LogP contribution in [0.4, 0.5) is 10.2 Å². The number of hydrogen-bond acceptors (Lipinski definition) is 2. The van der Waals surface area contributed by atoms with Crippen molar-refractivity contribution >= 4 is 5.82 Å². The van der Waals surface area contributed by atoms with Crippen molar-refractivity contribution in [2.24, 2.45) is 11.8 Å². The summed E-state index contributed by atoms with van der Waals surface area (Å²) in [6.07, 6.45) is 8.11. The molecule has 17 heavy (non-hydrogen) atoms. The average Bonchev–Trinajstić information content (AvgIpc) is 2.38. The fourth-order valence-corrected chi connectivity index (χ4v) is 2.60. The summed E-state index contributed by atoms with van der Waals surface area (Å²) >= 11 is 0. The summed E-state index contributed by atoms with van der Waals surface area (Å²) < 4.78 is 13.3. The molecule has 1 heterocycles. The summed E-state index contributed by atoms with van der Waals surface area (Å²) in [5.41, 5.74) is 0. The molecule has 2 rings (SSSR count). The third kappa shape index (κ3) is 3.42. The highest BCUT2D eigenvalue weighted by atomic mass is 19.1. The van der Waals surface area contributed by atoms with Gasteiger partial charge in [-0.3, -0.25) is 0 Å². The summed E-state index contributed by atoms with van der Waals surface area (Å²) in [4.78, 5) is 4.01. The van der Waals surface area contributed by atoms with Gasteiger partial charge >= 0.3 is 0 Å². The zero-order chi connectivity index (χ0) is 12.1. The predicted octanol–water partition coefficient (Wildman–Crippen LogP) is 3.85. The van der Waals surface area contributed by atoms with Gasteiger partial charge in [-0.05, 0) is 36.8 Å². The maximum atomic E-state index is 13.3. The second-order valence-corrected chi connectivity index (χ2v) is 5.01. The molecule has 2 nitrogen and oxygen atoms in total. The molecule has 0 saturated heterocycles. The molecule has 1 fully saturated rings. The smallest absolute Gasteiger partial charge is 0.165 e. The van der Waals surface area contributed by atoms with E-state index in [1.165, 1.54) is 38.2 Å². The van der Waals surface area contributed by atoms with Gasteiger partial charge in [-0.15, -0.1) is 0 Å². The number of rotatable bonds is 4. The van der Waals surface area contributed by atoms with Crippen LogP contribution in [0.3, 0.4) is 0 Å². The van der Waals surface area contributed by atoms with Gasteiger partial charge in [-0.25, -0.2) is 9.37 Å². The van der Waals surface area contributed by atoms with E-state index in [0.717, 1.165) is 12.5 Å². The maximum Gasteiger partial charge on any atom is 0.165 e. The Morgan fingerprint density at radius 3 is 2.65 bits per heavy atom. The molecule has 0 aromatic carbocycles. The highest BCUT2D eigenvalue weighted by Gasteiger charge is 2.19. The van der Waals surface area contributed by atoms with Crippen LogP contribution in [0.15, 0.2) is 18.3 Å². The molecule has 0 aliphatic heterocycles. The lowest BCUT2D eigenvalue weighted by Gasteiger charge is -2.27. The number of anilines is 1. The number of pyridine rings is 1. The highest BCUT2D eigenvalue weighted by Crippen LogP contribution is 2.30. The van der Waals surface area contributed by atoms with Crippen LogP contribution in [0.25, 0.3) is 0 Å². The standard InChI is InChI=1S/C14H21FN2/c1-2-11-5-7-12(8-6-11)10-17-14-13(15)4-3-9-16-14/h3-4,9,11-12H,2,5-8,10H2,1H3,(H,16,17). The van der Waals surface area contributed by atoms with E-state index in [4.69, 9.17) is 0 Å². The van der Waals surface area contributed by atoms with Crippen molar-refractivity contribution in [3.8, 4) is 0 Å². The molecular weight excluding hydrogens is 215 g/mol. The number of nitrogens with one attached hydrogen (secondary N) is 1. The Hall–Kier alpha value is -1.12. The number of nitrogens with zero attached hydrogens (tertiary/aromatic N) is 1. The van der Waals surface area contributed by atoms with Crippen molar-refractivity contribution in [2.75, 3.05) is 11.9 Å². The first-order valence-electron chi connectivity index (χ1n) is 6.64. The fourth-order valence-electron chi connectivity index (χ4n) is 2.60. The summed E-state index contributed by atoms with van der Waals surface area (Å²) in [5.74, 6) is 1.73. The van der Waals surface area contributed by atoms with Crippen molar-refractivity contribution < 1.29 is 4.39 Å². The van der Waals surface area contributed by atoms with Gasteiger partial charge in [0, 0.05) is 12.7 Å². The van der Waals surface area contributed by atoms with Gasteiger partial charge in [0.15, 0.2) is 11.6 Å². The molecule has 1 aromatic heterocycles. The van der Waals surface area contributed by atoms with Crippen LogP contribution >= 0.6 is 0 Å². The Morgan fingerprint density at radius 2 is 2.00 bits per heavy atom. The van der Waals surface area contributed by atoms with Gasteiger partial charge in [0.1, 0.15) is 0 Å². The van der Waals surface area contributed by atoms with E-state index in [2.05, 4.69) is 17.2 Å². The topological polar surface area (TPSA) is 24.9 Å². The normalized spacial score (nSPS) is 24.6. The highest BCUT2D eigenvalue weighted by molar-refractivity contribution is 5.35. The minimum atomic E-state index is -0.255. The molecule has 0 amide bonds. The molecule has 94 valence electrons. The van der Waals surface area contributed by atoms with Crippen LogP contribution < -0.4 is 5.32 Å². The third-order valence-electron chi connectivity index (χ3n) is 3.86. The predicted molar refractivity (Wildman–Crippen MR) is 68.4 cm³/mol. The quantitative estimate of drug-likeness (QED) is 0.859. The van der Waals surface area contributed by atoms with Gasteiger partial charge in [0.25, 0.3) is 0 Å². The molecule has 1 aliphatic rings. The van der Waals surface area contributed by atoms with E-state index in [9.17, 15) is 4.39 Å². The van der Waals surface area contributed by atoms with Gasteiger partial charge < -0.3 is 5.32 Å². The van der Waals surface area contributed by atoms with Crippen LogP contribution in [0.2, 0.25) is 0 Å². The molecule has 1 saturated carbocycles. The zero-order valence-electron chi connectivity index (χ0n) is 10.5. The van der Waals surface area contributed by atoms with Gasteiger partial charge in [0.05, 0.1) is 0 Å². The van der Waals surface area contributed by atoms with Crippen LogP contribution in [0.5, 0.6) is 0 Å². The number of halogens is 1. The first-order chi connectivity index (χ1) is 8.29. The summed E-state index contributed by atoms with van der Waals surface area (Å²) in [5, 5.41) is 3.13. The van der Waals surface area contributed by atoms with E-state index in [1.54, 1.807) is 12.3 Å². The Labute approximate surface area is 103 Å². The SMILES string of the molecule is CCC1CCC(CNc2ncccc2F)CC1. The second-order valence-electron chi connectivity index (χ2n) is 5.01. The van der Waals surface area contributed by atoms with Gasteiger partial charge in [0.2, 0.25) is 0 Å². The van der Waals surface area contributed by atoms with Crippen molar-refractivity contribution in [2.45, 2.75) is 39.0 Å². The Kier molecular flexibility index (Phi) is 4.35. The van der Waals surface area contributed by atoms with Crippen molar-refractivity contribution in [1.82, 2.24) is 4.98 Å². The van der Waals surface area contributed by atoms with Crippen LogP contribution in [0, 0.1) is 17.7 Å². The van der Waals surface area contributed by atoms with E-state index in [0.29, 0.717) is 11.7 Å². The largest absolute Gasteiger partial charge is 0.367 e. The van der Waals surface area contributed by atoms with E-state index < -0.39 is 0 Å². The van der Waals surface area contributed by atoms with Crippen molar-refractivity contribution in [3.63, 3.8) is 0 Å². The molecule has 0 unspecified atom stereocenters. The molecule has 0 radical (unpaired) electrons. The zero-order valence-corrected chi connectivity index (χ0v) is 10.5. The first-order valence-corrected chi connectivity index (χ1v) is 6.64. The summed E-state index contributed by atoms with van der Waals surface area (Å²) in [6, 6.07) is 3.07. The summed E-state index contributed by atoms with van der Waals surface area (Å²) in [7, 11) is 0. The molecule has 1 aromatic rings. The van der Waals surface area contributed by atoms with Gasteiger partial charge in [-0.1, -0.05) is 26.2 Å². The van der Waals surface area contributed by atoms with Crippen molar-refractivity contribution in [3.05, 3.63) is 24.1 Å². The lowest BCUT2D eigenvalue weighted by Crippen LogP contribution is -2.21.